The van der Waals surface area contributed by atoms with Crippen LogP contribution in [-0.4, -0.2) is 31.1 Å². The summed E-state index contributed by atoms with van der Waals surface area (Å²) >= 11 is 5.79. The third kappa shape index (κ3) is 7.40. The Bertz CT molecular complexity index is 803. The van der Waals surface area contributed by atoms with Crippen molar-refractivity contribution < 1.29 is 23.9 Å². The minimum atomic E-state index is -0.511. The average Bonchev–Trinajstić information content (AvgIpc) is 2.69. The molecule has 28 heavy (non-hydrogen) atoms. The smallest absolute Gasteiger partial charge is 0.338 e. The van der Waals surface area contributed by atoms with Crippen LogP contribution in [0.15, 0.2) is 48.5 Å². The van der Waals surface area contributed by atoms with Crippen molar-refractivity contribution in [1.82, 2.24) is 0 Å². The maximum absolute atomic E-state index is 11.9. The first-order valence-electron chi connectivity index (χ1n) is 8.95. The summed E-state index contributed by atoms with van der Waals surface area (Å²) < 4.78 is 10.1. The molecule has 0 saturated carbocycles. The maximum atomic E-state index is 11.9. The van der Waals surface area contributed by atoms with Gasteiger partial charge in [0.25, 0.3) is 5.91 Å². The molecule has 7 heteroatoms. The number of hydrogen-bond acceptors (Lipinski definition) is 5. The highest BCUT2D eigenvalue weighted by Gasteiger charge is 2.10. The first-order chi connectivity index (χ1) is 13.5. The van der Waals surface area contributed by atoms with Crippen LogP contribution in [0.5, 0.6) is 0 Å². The summed E-state index contributed by atoms with van der Waals surface area (Å²) in [5.74, 6) is -1.38. The van der Waals surface area contributed by atoms with Gasteiger partial charge in [0.2, 0.25) is 0 Å². The fourth-order valence-corrected chi connectivity index (χ4v) is 2.37. The summed E-state index contributed by atoms with van der Waals surface area (Å²) in [6, 6.07) is 13.1. The lowest BCUT2D eigenvalue weighted by Crippen LogP contribution is -2.21. The van der Waals surface area contributed by atoms with E-state index in [0.29, 0.717) is 22.9 Å². The first-order valence-corrected chi connectivity index (χ1v) is 9.33. The number of hydrogen-bond donors (Lipinski definition) is 1. The standard InChI is InChI=1S/C21H22ClNO5/c1-2-3-12-27-21(26)16-6-10-18(11-7-16)23-19(24)14-28-20(25)13-15-4-8-17(22)9-5-15/h4-11H,2-3,12-14H2,1H3,(H,23,24). The van der Waals surface area contributed by atoms with Crippen LogP contribution in [0.2, 0.25) is 5.02 Å². The topological polar surface area (TPSA) is 81.7 Å². The normalized spacial score (nSPS) is 10.2. The van der Waals surface area contributed by atoms with Crippen LogP contribution < -0.4 is 5.32 Å². The molecule has 2 aromatic carbocycles. The van der Waals surface area contributed by atoms with Crippen molar-refractivity contribution in [2.75, 3.05) is 18.5 Å². The number of ether oxygens (including phenoxy) is 2. The summed E-state index contributed by atoms with van der Waals surface area (Å²) in [6.07, 6.45) is 1.82. The molecule has 0 spiro atoms. The number of carbonyl (C=O) groups is 3. The number of rotatable bonds is 9. The largest absolute Gasteiger partial charge is 0.462 e. The molecule has 0 bridgehead atoms. The van der Waals surface area contributed by atoms with Crippen molar-refractivity contribution in [3.63, 3.8) is 0 Å². The summed E-state index contributed by atoms with van der Waals surface area (Å²) in [5.41, 5.74) is 1.64. The van der Waals surface area contributed by atoms with Gasteiger partial charge in [0.05, 0.1) is 18.6 Å². The zero-order valence-corrected chi connectivity index (χ0v) is 16.3. The third-order valence-electron chi connectivity index (χ3n) is 3.76. The molecule has 0 radical (unpaired) electrons. The number of nitrogens with one attached hydrogen (secondary N) is 1. The average molecular weight is 404 g/mol. The van der Waals surface area contributed by atoms with E-state index in [1.54, 1.807) is 48.5 Å². The molecule has 2 rings (SSSR count). The molecule has 0 fully saturated rings. The van der Waals surface area contributed by atoms with Crippen LogP contribution in [0.4, 0.5) is 5.69 Å². The lowest BCUT2D eigenvalue weighted by atomic mass is 10.1. The molecule has 1 N–H and O–H groups in total. The second kappa shape index (κ2) is 11.1. The van der Waals surface area contributed by atoms with Gasteiger partial charge in [0, 0.05) is 10.7 Å². The first kappa shape index (κ1) is 21.4. The predicted octanol–water partition coefficient (Wildman–Crippen LogP) is 4.02. The maximum Gasteiger partial charge on any atom is 0.338 e. The van der Waals surface area contributed by atoms with Gasteiger partial charge in [-0.15, -0.1) is 0 Å². The number of amides is 1. The summed E-state index contributed by atoms with van der Waals surface area (Å²) in [5, 5.41) is 3.18. The van der Waals surface area contributed by atoms with E-state index >= 15 is 0 Å². The van der Waals surface area contributed by atoms with Crippen molar-refractivity contribution in [2.45, 2.75) is 26.2 Å². The van der Waals surface area contributed by atoms with E-state index in [1.807, 2.05) is 6.92 Å². The van der Waals surface area contributed by atoms with Crippen molar-refractivity contribution in [1.29, 1.82) is 0 Å². The quantitative estimate of drug-likeness (QED) is 0.505. The van der Waals surface area contributed by atoms with Crippen LogP contribution in [0, 0.1) is 0 Å². The highest BCUT2D eigenvalue weighted by atomic mass is 35.5. The van der Waals surface area contributed by atoms with Gasteiger partial charge in [-0.1, -0.05) is 37.1 Å². The molecule has 0 heterocycles. The molecule has 0 unspecified atom stereocenters. The minimum Gasteiger partial charge on any atom is -0.462 e. The van der Waals surface area contributed by atoms with Gasteiger partial charge in [-0.3, -0.25) is 9.59 Å². The molecule has 0 aliphatic rings. The SMILES string of the molecule is CCCCOC(=O)c1ccc(NC(=O)COC(=O)Cc2ccc(Cl)cc2)cc1. The molecule has 0 saturated heterocycles. The number of carbonyl (C=O) groups excluding carboxylic acids is 3. The fraction of sp³-hybridized carbons (Fsp3) is 0.286. The Morgan fingerprint density at radius 2 is 1.64 bits per heavy atom. The second-order valence-electron chi connectivity index (χ2n) is 6.08. The molecular formula is C21H22ClNO5. The van der Waals surface area contributed by atoms with Crippen LogP contribution in [0.25, 0.3) is 0 Å². The number of anilines is 1. The predicted molar refractivity (Wildman–Crippen MR) is 106 cm³/mol. The third-order valence-corrected chi connectivity index (χ3v) is 4.01. The molecule has 0 aromatic heterocycles. The zero-order valence-electron chi connectivity index (χ0n) is 15.6. The molecule has 0 atom stereocenters. The summed E-state index contributed by atoms with van der Waals surface area (Å²) in [4.78, 5) is 35.5. The van der Waals surface area contributed by atoms with Gasteiger partial charge >= 0.3 is 11.9 Å². The Balaban J connectivity index is 1.75. The van der Waals surface area contributed by atoms with E-state index in [-0.39, 0.29) is 6.42 Å². The molecule has 1 amide bonds. The highest BCUT2D eigenvalue weighted by molar-refractivity contribution is 6.30. The van der Waals surface area contributed by atoms with Gasteiger partial charge < -0.3 is 14.8 Å². The lowest BCUT2D eigenvalue weighted by Gasteiger charge is -2.08. The van der Waals surface area contributed by atoms with Crippen molar-refractivity contribution >= 4 is 35.1 Å². The van der Waals surface area contributed by atoms with Crippen molar-refractivity contribution in [3.05, 3.63) is 64.7 Å². The number of halogens is 1. The van der Waals surface area contributed by atoms with E-state index in [9.17, 15) is 14.4 Å². The van der Waals surface area contributed by atoms with E-state index in [2.05, 4.69) is 5.32 Å². The number of unbranched alkanes of at least 4 members (excludes halogenated alkanes) is 1. The Kier molecular flexibility index (Phi) is 8.49. The molecule has 148 valence electrons. The van der Waals surface area contributed by atoms with Crippen LogP contribution in [0.3, 0.4) is 0 Å². The highest BCUT2D eigenvalue weighted by Crippen LogP contribution is 2.12. The minimum absolute atomic E-state index is 0.0548. The van der Waals surface area contributed by atoms with Gasteiger partial charge in [0.15, 0.2) is 6.61 Å². The fourth-order valence-electron chi connectivity index (χ4n) is 2.25. The van der Waals surface area contributed by atoms with E-state index < -0.39 is 24.5 Å². The van der Waals surface area contributed by atoms with Gasteiger partial charge in [-0.2, -0.15) is 0 Å². The second-order valence-corrected chi connectivity index (χ2v) is 6.52. The number of benzene rings is 2. The summed E-state index contributed by atoms with van der Waals surface area (Å²) in [7, 11) is 0. The van der Waals surface area contributed by atoms with E-state index in [1.165, 1.54) is 0 Å². The van der Waals surface area contributed by atoms with Crippen LogP contribution in [0.1, 0.15) is 35.7 Å². The van der Waals surface area contributed by atoms with Gasteiger partial charge in [-0.05, 0) is 48.4 Å². The number of esters is 2. The molecule has 0 aliphatic carbocycles. The van der Waals surface area contributed by atoms with Gasteiger partial charge in [-0.25, -0.2) is 4.79 Å². The Hall–Kier alpha value is -2.86. The molecule has 6 nitrogen and oxygen atoms in total. The van der Waals surface area contributed by atoms with Crippen molar-refractivity contribution in [3.8, 4) is 0 Å². The lowest BCUT2D eigenvalue weighted by molar-refractivity contribution is -0.146. The van der Waals surface area contributed by atoms with Crippen LogP contribution in [-0.2, 0) is 25.5 Å². The van der Waals surface area contributed by atoms with E-state index in [4.69, 9.17) is 21.1 Å². The molecule has 2 aromatic rings. The Labute approximate surface area is 168 Å². The zero-order chi connectivity index (χ0) is 20.4. The van der Waals surface area contributed by atoms with E-state index in [0.717, 1.165) is 18.4 Å². The summed E-state index contributed by atoms with van der Waals surface area (Å²) in [6.45, 7) is 2.00. The molecular weight excluding hydrogens is 382 g/mol. The van der Waals surface area contributed by atoms with Crippen LogP contribution >= 0.6 is 11.6 Å². The van der Waals surface area contributed by atoms with Crippen molar-refractivity contribution in [2.24, 2.45) is 0 Å². The molecule has 0 aliphatic heterocycles. The Morgan fingerprint density at radius 1 is 0.964 bits per heavy atom. The van der Waals surface area contributed by atoms with Gasteiger partial charge in [0.1, 0.15) is 0 Å². The monoisotopic (exact) mass is 403 g/mol. The Morgan fingerprint density at radius 3 is 2.29 bits per heavy atom.